The van der Waals surface area contributed by atoms with Gasteiger partial charge in [-0.1, -0.05) is 20.8 Å². The maximum Gasteiger partial charge on any atom is 0.241 e. The third kappa shape index (κ3) is 7.46. The molecule has 0 unspecified atom stereocenters. The smallest absolute Gasteiger partial charge is 0.241 e. The molecule has 0 saturated carbocycles. The van der Waals surface area contributed by atoms with Crippen molar-refractivity contribution in [1.82, 2.24) is 15.5 Å². The second-order valence-electron chi connectivity index (χ2n) is 6.34. The molecule has 5 nitrogen and oxygen atoms in total. The molecule has 1 aliphatic heterocycles. The summed E-state index contributed by atoms with van der Waals surface area (Å²) in [6.45, 7) is 10.1. The molecule has 1 saturated heterocycles. The Morgan fingerprint density at radius 3 is 2.48 bits per heavy atom. The minimum absolute atomic E-state index is 0.0147. The first-order valence-corrected chi connectivity index (χ1v) is 8.28. The summed E-state index contributed by atoms with van der Waals surface area (Å²) in [5, 5.41) is 6.10. The lowest BCUT2D eigenvalue weighted by atomic mass is 9.97. The Kier molecular flexibility index (Phi) is 8.35. The first-order valence-electron chi connectivity index (χ1n) is 8.28. The van der Waals surface area contributed by atoms with E-state index in [2.05, 4.69) is 31.4 Å². The van der Waals surface area contributed by atoms with E-state index in [-0.39, 0.29) is 18.4 Å². The van der Waals surface area contributed by atoms with E-state index in [1.54, 1.807) is 0 Å². The molecule has 0 bridgehead atoms. The van der Waals surface area contributed by atoms with Gasteiger partial charge >= 0.3 is 0 Å². The van der Waals surface area contributed by atoms with Crippen molar-refractivity contribution in [2.45, 2.75) is 46.5 Å². The molecular formula is C16H31N3O2. The van der Waals surface area contributed by atoms with Gasteiger partial charge in [0.2, 0.25) is 11.8 Å². The van der Waals surface area contributed by atoms with Crippen LogP contribution in [-0.2, 0) is 9.59 Å². The number of rotatable bonds is 8. The van der Waals surface area contributed by atoms with Crippen LogP contribution in [0.25, 0.3) is 0 Å². The normalized spacial score (nSPS) is 16.3. The zero-order valence-electron chi connectivity index (χ0n) is 13.8. The Hall–Kier alpha value is -1.10. The largest absolute Gasteiger partial charge is 0.347 e. The standard InChI is InChI=1S/C16H31N3O2/c1-4-17-11-14-7-9-19(10-8-14)16(21)12-18-15(20)6-5-13(2)3/h13-14,17H,4-12H2,1-3H3,(H,18,20). The van der Waals surface area contributed by atoms with Gasteiger partial charge in [-0.25, -0.2) is 0 Å². The average molecular weight is 297 g/mol. The number of carbonyl (C=O) groups excluding carboxylic acids is 2. The van der Waals surface area contributed by atoms with Gasteiger partial charge in [-0.15, -0.1) is 0 Å². The maximum absolute atomic E-state index is 12.1. The molecule has 1 fully saturated rings. The van der Waals surface area contributed by atoms with E-state index < -0.39 is 0 Å². The van der Waals surface area contributed by atoms with Crippen molar-refractivity contribution in [3.8, 4) is 0 Å². The minimum atomic E-state index is -0.0147. The van der Waals surface area contributed by atoms with Crippen LogP contribution in [0.1, 0.15) is 46.5 Å². The summed E-state index contributed by atoms with van der Waals surface area (Å²) in [5.41, 5.74) is 0. The van der Waals surface area contributed by atoms with Crippen LogP contribution in [0, 0.1) is 11.8 Å². The quantitative estimate of drug-likeness (QED) is 0.711. The van der Waals surface area contributed by atoms with Crippen molar-refractivity contribution >= 4 is 11.8 Å². The van der Waals surface area contributed by atoms with E-state index >= 15 is 0 Å². The fourth-order valence-electron chi connectivity index (χ4n) is 2.53. The Balaban J connectivity index is 2.17. The number of amides is 2. The second-order valence-corrected chi connectivity index (χ2v) is 6.34. The van der Waals surface area contributed by atoms with E-state index in [4.69, 9.17) is 0 Å². The number of nitrogens with zero attached hydrogens (tertiary/aromatic N) is 1. The maximum atomic E-state index is 12.1. The Bertz CT molecular complexity index is 323. The molecule has 0 aliphatic carbocycles. The van der Waals surface area contributed by atoms with Crippen LogP contribution in [0.15, 0.2) is 0 Å². The van der Waals surface area contributed by atoms with Gasteiger partial charge in [0.15, 0.2) is 0 Å². The lowest BCUT2D eigenvalue weighted by molar-refractivity contribution is -0.134. The van der Waals surface area contributed by atoms with Gasteiger partial charge in [0.1, 0.15) is 0 Å². The molecule has 0 spiro atoms. The first kappa shape index (κ1) is 18.0. The van der Waals surface area contributed by atoms with E-state index in [9.17, 15) is 9.59 Å². The minimum Gasteiger partial charge on any atom is -0.347 e. The van der Waals surface area contributed by atoms with Crippen molar-refractivity contribution in [2.24, 2.45) is 11.8 Å². The molecule has 21 heavy (non-hydrogen) atoms. The molecule has 1 rings (SSSR count). The number of piperidine rings is 1. The summed E-state index contributed by atoms with van der Waals surface area (Å²) in [4.78, 5) is 25.6. The zero-order chi connectivity index (χ0) is 15.7. The lowest BCUT2D eigenvalue weighted by Crippen LogP contribution is -2.45. The van der Waals surface area contributed by atoms with Crippen molar-refractivity contribution in [3.63, 3.8) is 0 Å². The highest BCUT2D eigenvalue weighted by atomic mass is 16.2. The first-order chi connectivity index (χ1) is 10.0. The Morgan fingerprint density at radius 2 is 1.90 bits per heavy atom. The molecule has 0 atom stereocenters. The van der Waals surface area contributed by atoms with Crippen LogP contribution in [0.2, 0.25) is 0 Å². The average Bonchev–Trinajstić information content (AvgIpc) is 2.49. The number of hydrogen-bond donors (Lipinski definition) is 2. The Labute approximate surface area is 128 Å². The van der Waals surface area contributed by atoms with Gasteiger partial charge in [0.05, 0.1) is 6.54 Å². The van der Waals surface area contributed by atoms with Crippen molar-refractivity contribution < 1.29 is 9.59 Å². The fraction of sp³-hybridized carbons (Fsp3) is 0.875. The number of likely N-dealkylation sites (tertiary alicyclic amines) is 1. The highest BCUT2D eigenvalue weighted by Crippen LogP contribution is 2.16. The summed E-state index contributed by atoms with van der Waals surface area (Å²) in [5.74, 6) is 1.23. The van der Waals surface area contributed by atoms with Crippen LogP contribution in [0.5, 0.6) is 0 Å². The topological polar surface area (TPSA) is 61.4 Å². The van der Waals surface area contributed by atoms with Gasteiger partial charge in [-0.2, -0.15) is 0 Å². The molecule has 122 valence electrons. The van der Waals surface area contributed by atoms with Crippen LogP contribution in [0.4, 0.5) is 0 Å². The van der Waals surface area contributed by atoms with E-state index in [1.807, 2.05) is 4.90 Å². The van der Waals surface area contributed by atoms with Gasteiger partial charge in [0.25, 0.3) is 0 Å². The zero-order valence-corrected chi connectivity index (χ0v) is 13.8. The number of carbonyl (C=O) groups is 2. The van der Waals surface area contributed by atoms with Gasteiger partial charge in [-0.05, 0) is 44.2 Å². The van der Waals surface area contributed by atoms with Crippen molar-refractivity contribution in [2.75, 3.05) is 32.7 Å². The third-order valence-electron chi connectivity index (χ3n) is 4.04. The van der Waals surface area contributed by atoms with E-state index in [0.717, 1.165) is 45.4 Å². The predicted molar refractivity (Wildman–Crippen MR) is 84.9 cm³/mol. The SMILES string of the molecule is CCNCC1CCN(C(=O)CNC(=O)CCC(C)C)CC1. The molecule has 0 radical (unpaired) electrons. The second kappa shape index (κ2) is 9.77. The van der Waals surface area contributed by atoms with Gasteiger partial charge < -0.3 is 15.5 Å². The molecule has 1 aliphatic rings. The van der Waals surface area contributed by atoms with Gasteiger partial charge in [0, 0.05) is 19.5 Å². The number of hydrogen-bond acceptors (Lipinski definition) is 3. The molecule has 5 heteroatoms. The van der Waals surface area contributed by atoms with Crippen LogP contribution in [0.3, 0.4) is 0 Å². The molecule has 2 N–H and O–H groups in total. The Morgan fingerprint density at radius 1 is 1.24 bits per heavy atom. The molecule has 0 aromatic heterocycles. The van der Waals surface area contributed by atoms with E-state index in [0.29, 0.717) is 18.3 Å². The molecule has 1 heterocycles. The molecule has 0 aromatic carbocycles. The van der Waals surface area contributed by atoms with Crippen molar-refractivity contribution in [3.05, 3.63) is 0 Å². The highest BCUT2D eigenvalue weighted by Gasteiger charge is 2.22. The monoisotopic (exact) mass is 297 g/mol. The summed E-state index contributed by atoms with van der Waals surface area (Å²) < 4.78 is 0. The van der Waals surface area contributed by atoms with E-state index in [1.165, 1.54) is 0 Å². The fourth-order valence-corrected chi connectivity index (χ4v) is 2.53. The van der Waals surface area contributed by atoms with Crippen LogP contribution in [-0.4, -0.2) is 49.4 Å². The molecular weight excluding hydrogens is 266 g/mol. The van der Waals surface area contributed by atoms with Crippen molar-refractivity contribution in [1.29, 1.82) is 0 Å². The third-order valence-corrected chi connectivity index (χ3v) is 4.04. The lowest BCUT2D eigenvalue weighted by Gasteiger charge is -2.32. The highest BCUT2D eigenvalue weighted by molar-refractivity contribution is 5.84. The number of nitrogens with one attached hydrogen (secondary N) is 2. The molecule has 0 aromatic rings. The summed E-state index contributed by atoms with van der Waals surface area (Å²) >= 11 is 0. The predicted octanol–water partition coefficient (Wildman–Crippen LogP) is 1.39. The summed E-state index contributed by atoms with van der Waals surface area (Å²) in [7, 11) is 0. The van der Waals surface area contributed by atoms with Crippen LogP contribution >= 0.6 is 0 Å². The molecule has 2 amide bonds. The van der Waals surface area contributed by atoms with Gasteiger partial charge in [-0.3, -0.25) is 9.59 Å². The van der Waals surface area contributed by atoms with Crippen LogP contribution < -0.4 is 10.6 Å². The summed E-state index contributed by atoms with van der Waals surface area (Å²) in [6, 6.07) is 0. The summed E-state index contributed by atoms with van der Waals surface area (Å²) in [6.07, 6.45) is 3.49.